The summed E-state index contributed by atoms with van der Waals surface area (Å²) in [5, 5.41) is 9.15. The topological polar surface area (TPSA) is 46.9 Å². The van der Waals surface area contributed by atoms with Crippen LogP contribution in [-0.4, -0.2) is 15.7 Å². The summed E-state index contributed by atoms with van der Waals surface area (Å²) in [7, 11) is 0. The second kappa shape index (κ2) is 7.11. The van der Waals surface area contributed by atoms with Crippen LogP contribution in [0.3, 0.4) is 0 Å². The molecular formula is C20H15BrClN3OS. The number of nitrogens with one attached hydrogen (secondary N) is 1. The van der Waals surface area contributed by atoms with E-state index in [9.17, 15) is 4.79 Å². The monoisotopic (exact) mass is 459 g/mol. The van der Waals surface area contributed by atoms with Crippen LogP contribution in [0.25, 0.3) is 15.9 Å². The van der Waals surface area contributed by atoms with Crippen molar-refractivity contribution in [2.24, 2.45) is 0 Å². The molecule has 0 aliphatic heterocycles. The second-order valence-electron chi connectivity index (χ2n) is 6.22. The first-order valence-corrected chi connectivity index (χ1v) is 10.2. The molecule has 0 saturated heterocycles. The summed E-state index contributed by atoms with van der Waals surface area (Å²) >= 11 is 10.9. The minimum atomic E-state index is -0.150. The van der Waals surface area contributed by atoms with Gasteiger partial charge in [0.1, 0.15) is 4.83 Å². The van der Waals surface area contributed by atoms with Crippen LogP contribution in [0.2, 0.25) is 5.02 Å². The molecule has 0 radical (unpaired) electrons. The van der Waals surface area contributed by atoms with E-state index in [1.54, 1.807) is 6.07 Å². The maximum atomic E-state index is 12.8. The Hall–Kier alpha value is -2.15. The number of hydrogen-bond donors (Lipinski definition) is 1. The number of fused-ring (bicyclic) bond motifs is 1. The van der Waals surface area contributed by atoms with Gasteiger partial charge in [-0.25, -0.2) is 4.68 Å². The van der Waals surface area contributed by atoms with Crippen molar-refractivity contribution >= 4 is 60.7 Å². The number of amides is 1. The molecule has 7 heteroatoms. The van der Waals surface area contributed by atoms with Gasteiger partial charge in [0.05, 0.1) is 16.3 Å². The Morgan fingerprint density at radius 1 is 1.15 bits per heavy atom. The average molecular weight is 461 g/mol. The Morgan fingerprint density at radius 2 is 1.89 bits per heavy atom. The highest BCUT2D eigenvalue weighted by Gasteiger charge is 2.18. The van der Waals surface area contributed by atoms with Crippen LogP contribution in [0.5, 0.6) is 0 Å². The third-order valence-corrected chi connectivity index (χ3v) is 6.16. The van der Waals surface area contributed by atoms with E-state index in [2.05, 4.69) is 26.3 Å². The van der Waals surface area contributed by atoms with E-state index in [1.807, 2.05) is 61.0 Å². The SMILES string of the molecule is Cc1ccc(Cl)cc1NC(=O)c1cc2c(C)nn(-c3ccc(Br)cc3)c2s1. The van der Waals surface area contributed by atoms with Gasteiger partial charge in [-0.3, -0.25) is 4.79 Å². The smallest absolute Gasteiger partial charge is 0.265 e. The van der Waals surface area contributed by atoms with Gasteiger partial charge < -0.3 is 5.32 Å². The minimum Gasteiger partial charge on any atom is -0.321 e. The summed E-state index contributed by atoms with van der Waals surface area (Å²) < 4.78 is 2.89. The summed E-state index contributed by atoms with van der Waals surface area (Å²) in [6, 6.07) is 15.3. The van der Waals surface area contributed by atoms with E-state index in [0.717, 1.165) is 37.3 Å². The number of carbonyl (C=O) groups is 1. The molecule has 4 rings (SSSR count). The summed E-state index contributed by atoms with van der Waals surface area (Å²) in [6.07, 6.45) is 0. The average Bonchev–Trinajstić information content (AvgIpc) is 3.20. The molecule has 0 saturated carbocycles. The minimum absolute atomic E-state index is 0.150. The van der Waals surface area contributed by atoms with Gasteiger partial charge in [-0.1, -0.05) is 33.6 Å². The lowest BCUT2D eigenvalue weighted by atomic mass is 10.2. The Bertz CT molecular complexity index is 1160. The van der Waals surface area contributed by atoms with Crippen LogP contribution in [0.1, 0.15) is 20.9 Å². The Kier molecular flexibility index (Phi) is 4.80. The zero-order valence-electron chi connectivity index (χ0n) is 14.6. The van der Waals surface area contributed by atoms with E-state index in [-0.39, 0.29) is 5.91 Å². The van der Waals surface area contributed by atoms with Gasteiger partial charge in [0.15, 0.2) is 0 Å². The lowest BCUT2D eigenvalue weighted by Crippen LogP contribution is -2.11. The van der Waals surface area contributed by atoms with Crippen molar-refractivity contribution in [1.82, 2.24) is 9.78 Å². The molecule has 0 aliphatic rings. The number of hydrogen-bond acceptors (Lipinski definition) is 3. The number of benzene rings is 2. The van der Waals surface area contributed by atoms with Gasteiger partial charge >= 0.3 is 0 Å². The van der Waals surface area contributed by atoms with Gasteiger partial charge in [0, 0.05) is 20.6 Å². The van der Waals surface area contributed by atoms with Crippen molar-refractivity contribution in [3.8, 4) is 5.69 Å². The standard InChI is InChI=1S/C20H15BrClN3OS/c1-11-3-6-14(22)9-17(11)23-19(26)18-10-16-12(2)24-25(20(16)27-18)15-7-4-13(21)5-8-15/h3-10H,1-2H3,(H,23,26). The van der Waals surface area contributed by atoms with E-state index in [1.165, 1.54) is 11.3 Å². The molecule has 4 aromatic rings. The number of nitrogens with zero attached hydrogens (tertiary/aromatic N) is 2. The maximum Gasteiger partial charge on any atom is 0.265 e. The number of anilines is 1. The number of aromatic nitrogens is 2. The van der Waals surface area contributed by atoms with Crippen molar-refractivity contribution < 1.29 is 4.79 Å². The van der Waals surface area contributed by atoms with Gasteiger partial charge in [-0.05, 0) is 61.9 Å². The van der Waals surface area contributed by atoms with Crippen molar-refractivity contribution in [2.45, 2.75) is 13.8 Å². The number of aryl methyl sites for hydroxylation is 2. The summed E-state index contributed by atoms with van der Waals surface area (Å²) in [5.41, 5.74) is 3.53. The molecule has 1 N–H and O–H groups in total. The normalized spacial score (nSPS) is 11.1. The fourth-order valence-corrected chi connectivity index (χ4v) is 4.34. The molecule has 0 bridgehead atoms. The first kappa shape index (κ1) is 18.2. The number of rotatable bonds is 3. The molecule has 4 nitrogen and oxygen atoms in total. The molecule has 0 atom stereocenters. The summed E-state index contributed by atoms with van der Waals surface area (Å²) in [4.78, 5) is 14.4. The largest absolute Gasteiger partial charge is 0.321 e. The summed E-state index contributed by atoms with van der Waals surface area (Å²) in [6.45, 7) is 3.89. The van der Waals surface area contributed by atoms with Gasteiger partial charge in [0.2, 0.25) is 0 Å². The van der Waals surface area contributed by atoms with Crippen molar-refractivity contribution in [3.63, 3.8) is 0 Å². The number of carbonyl (C=O) groups excluding carboxylic acids is 1. The van der Waals surface area contributed by atoms with Gasteiger partial charge in [0.25, 0.3) is 5.91 Å². The van der Waals surface area contributed by atoms with Crippen LogP contribution in [0, 0.1) is 13.8 Å². The molecule has 0 fully saturated rings. The fraction of sp³-hybridized carbons (Fsp3) is 0.100. The Labute approximate surface area is 173 Å². The van der Waals surface area contributed by atoms with Crippen LogP contribution in [0.15, 0.2) is 53.0 Å². The second-order valence-corrected chi connectivity index (χ2v) is 8.60. The molecule has 0 unspecified atom stereocenters. The molecule has 0 aliphatic carbocycles. The predicted molar refractivity (Wildman–Crippen MR) is 116 cm³/mol. The highest BCUT2D eigenvalue weighted by Crippen LogP contribution is 2.31. The van der Waals surface area contributed by atoms with E-state index in [4.69, 9.17) is 11.6 Å². The maximum absolute atomic E-state index is 12.8. The molecule has 2 aromatic heterocycles. The molecule has 2 aromatic carbocycles. The third-order valence-electron chi connectivity index (χ3n) is 4.29. The molecule has 1 amide bonds. The first-order chi connectivity index (χ1) is 12.9. The third kappa shape index (κ3) is 3.52. The molecule has 136 valence electrons. The lowest BCUT2D eigenvalue weighted by Gasteiger charge is -2.07. The highest BCUT2D eigenvalue weighted by atomic mass is 79.9. The van der Waals surface area contributed by atoms with Crippen LogP contribution < -0.4 is 5.32 Å². The molecule has 2 heterocycles. The number of halogens is 2. The lowest BCUT2D eigenvalue weighted by molar-refractivity contribution is 0.103. The van der Waals surface area contributed by atoms with E-state index >= 15 is 0 Å². The highest BCUT2D eigenvalue weighted by molar-refractivity contribution is 9.10. The first-order valence-electron chi connectivity index (χ1n) is 8.25. The molecule has 27 heavy (non-hydrogen) atoms. The van der Waals surface area contributed by atoms with E-state index in [0.29, 0.717) is 9.90 Å². The quantitative estimate of drug-likeness (QED) is 0.386. The zero-order valence-corrected chi connectivity index (χ0v) is 17.7. The van der Waals surface area contributed by atoms with Gasteiger partial charge in [-0.2, -0.15) is 5.10 Å². The zero-order chi connectivity index (χ0) is 19.1. The Balaban J connectivity index is 1.71. The molecular weight excluding hydrogens is 446 g/mol. The summed E-state index contributed by atoms with van der Waals surface area (Å²) in [5.74, 6) is -0.150. The van der Waals surface area contributed by atoms with Crippen LogP contribution in [0.4, 0.5) is 5.69 Å². The van der Waals surface area contributed by atoms with Crippen LogP contribution in [-0.2, 0) is 0 Å². The van der Waals surface area contributed by atoms with Crippen molar-refractivity contribution in [3.05, 3.63) is 74.2 Å². The molecule has 0 spiro atoms. The predicted octanol–water partition coefficient (Wildman–Crippen LogP) is 6.37. The van der Waals surface area contributed by atoms with E-state index < -0.39 is 0 Å². The van der Waals surface area contributed by atoms with Crippen molar-refractivity contribution in [1.29, 1.82) is 0 Å². The number of thiophene rings is 1. The van der Waals surface area contributed by atoms with Gasteiger partial charge in [-0.15, -0.1) is 11.3 Å². The van der Waals surface area contributed by atoms with Crippen LogP contribution >= 0.6 is 38.9 Å². The Morgan fingerprint density at radius 3 is 2.63 bits per heavy atom. The fourth-order valence-electron chi connectivity index (χ4n) is 2.83. The van der Waals surface area contributed by atoms with Crippen molar-refractivity contribution in [2.75, 3.05) is 5.32 Å².